The van der Waals surface area contributed by atoms with Crippen LogP contribution in [-0.2, 0) is 6.42 Å². The Morgan fingerprint density at radius 3 is 2.21 bits per heavy atom. The van der Waals surface area contributed by atoms with E-state index in [1.807, 2.05) is 42.5 Å². The predicted molar refractivity (Wildman–Crippen MR) is 121 cm³/mol. The molecule has 0 spiro atoms. The average Bonchev–Trinajstić information content (AvgIpc) is 2.82. The third kappa shape index (κ3) is 4.95. The second-order valence-corrected chi connectivity index (χ2v) is 8.68. The van der Waals surface area contributed by atoms with Crippen LogP contribution in [-0.4, -0.2) is 37.1 Å². The van der Waals surface area contributed by atoms with Crippen molar-refractivity contribution in [2.75, 3.05) is 20.8 Å². The monoisotopic (exact) mass is 473 g/mol. The van der Waals surface area contributed by atoms with Gasteiger partial charge in [0.2, 0.25) is 0 Å². The molecule has 1 unspecified atom stereocenters. The first-order valence-electron chi connectivity index (χ1n) is 10.3. The SMILES string of the molecule is COc1cc2c(cc1OC)C(c1ccccc1)N(C(=O)c1ccc(SC(F)(F)F)cc1)CC2. The van der Waals surface area contributed by atoms with Gasteiger partial charge in [-0.3, -0.25) is 4.79 Å². The van der Waals surface area contributed by atoms with Crippen LogP contribution in [0.3, 0.4) is 0 Å². The topological polar surface area (TPSA) is 38.8 Å². The van der Waals surface area contributed by atoms with E-state index in [9.17, 15) is 18.0 Å². The van der Waals surface area contributed by atoms with Gasteiger partial charge in [0.25, 0.3) is 5.91 Å². The first-order chi connectivity index (χ1) is 15.8. The number of thioether (sulfide) groups is 1. The summed E-state index contributed by atoms with van der Waals surface area (Å²) in [6.45, 7) is 0.458. The highest BCUT2D eigenvalue weighted by Crippen LogP contribution is 2.42. The Hall–Kier alpha value is -3.13. The van der Waals surface area contributed by atoms with Crippen LogP contribution in [0.25, 0.3) is 0 Å². The number of halogens is 3. The Bertz CT molecular complexity index is 1130. The first-order valence-corrected chi connectivity index (χ1v) is 11.1. The van der Waals surface area contributed by atoms with Crippen molar-refractivity contribution in [2.24, 2.45) is 0 Å². The van der Waals surface area contributed by atoms with E-state index < -0.39 is 5.51 Å². The van der Waals surface area contributed by atoms with Crippen LogP contribution < -0.4 is 9.47 Å². The minimum absolute atomic E-state index is 0.0412. The summed E-state index contributed by atoms with van der Waals surface area (Å²) in [4.78, 5) is 15.3. The molecule has 0 N–H and O–H groups in total. The fourth-order valence-electron chi connectivity index (χ4n) is 4.12. The summed E-state index contributed by atoms with van der Waals surface area (Å²) in [6, 6.07) is 18.7. The number of fused-ring (bicyclic) bond motifs is 1. The number of hydrogen-bond donors (Lipinski definition) is 0. The zero-order valence-electron chi connectivity index (χ0n) is 18.1. The largest absolute Gasteiger partial charge is 0.493 e. The van der Waals surface area contributed by atoms with Crippen LogP contribution in [0.2, 0.25) is 0 Å². The molecule has 8 heteroatoms. The average molecular weight is 474 g/mol. The number of rotatable bonds is 5. The smallest absolute Gasteiger partial charge is 0.446 e. The van der Waals surface area contributed by atoms with E-state index in [1.165, 1.54) is 24.3 Å². The third-order valence-corrected chi connectivity index (χ3v) is 6.32. The molecule has 1 aliphatic heterocycles. The van der Waals surface area contributed by atoms with Crippen molar-refractivity contribution >= 4 is 17.7 Å². The lowest BCUT2D eigenvalue weighted by molar-refractivity contribution is -0.0328. The molecule has 1 amide bonds. The van der Waals surface area contributed by atoms with E-state index in [0.29, 0.717) is 30.0 Å². The summed E-state index contributed by atoms with van der Waals surface area (Å²) < 4.78 is 48.9. The molecular weight excluding hydrogens is 451 g/mol. The Kier molecular flexibility index (Phi) is 6.56. The van der Waals surface area contributed by atoms with Crippen LogP contribution >= 0.6 is 11.8 Å². The molecule has 0 bridgehead atoms. The molecule has 3 aromatic carbocycles. The van der Waals surface area contributed by atoms with Gasteiger partial charge in [0, 0.05) is 17.0 Å². The number of nitrogens with zero attached hydrogens (tertiary/aromatic N) is 1. The molecule has 1 heterocycles. The van der Waals surface area contributed by atoms with Gasteiger partial charge in [0.05, 0.1) is 20.3 Å². The van der Waals surface area contributed by atoms with E-state index in [1.54, 1.807) is 19.1 Å². The maximum Gasteiger partial charge on any atom is 0.446 e. The van der Waals surface area contributed by atoms with Crippen LogP contribution in [0.4, 0.5) is 13.2 Å². The predicted octanol–water partition coefficient (Wildman–Crippen LogP) is 6.10. The van der Waals surface area contributed by atoms with Gasteiger partial charge in [0.15, 0.2) is 11.5 Å². The summed E-state index contributed by atoms with van der Waals surface area (Å²) >= 11 is -0.198. The number of carbonyl (C=O) groups excluding carboxylic acids is 1. The van der Waals surface area contributed by atoms with Crippen molar-refractivity contribution in [3.63, 3.8) is 0 Å². The standard InChI is InChI=1S/C25H22F3NO3S/c1-31-21-14-18-12-13-29(24(30)17-8-10-19(11-9-17)33-25(26,27)28)23(16-6-4-3-5-7-16)20(18)15-22(21)32-2/h3-11,14-15,23H,12-13H2,1-2H3. The van der Waals surface area contributed by atoms with Crippen LogP contribution in [0.1, 0.15) is 33.1 Å². The van der Waals surface area contributed by atoms with Crippen LogP contribution in [0.5, 0.6) is 11.5 Å². The lowest BCUT2D eigenvalue weighted by Gasteiger charge is -2.38. The molecule has 0 aromatic heterocycles. The maximum atomic E-state index is 13.5. The summed E-state index contributed by atoms with van der Waals surface area (Å²) in [5.41, 5.74) is -1.11. The third-order valence-electron chi connectivity index (χ3n) is 5.58. The van der Waals surface area contributed by atoms with Crippen molar-refractivity contribution < 1.29 is 27.4 Å². The van der Waals surface area contributed by atoms with Gasteiger partial charge in [-0.1, -0.05) is 30.3 Å². The van der Waals surface area contributed by atoms with E-state index in [4.69, 9.17) is 9.47 Å². The number of carbonyl (C=O) groups is 1. The van der Waals surface area contributed by atoms with Crippen molar-refractivity contribution in [3.8, 4) is 11.5 Å². The molecule has 0 aliphatic carbocycles. The number of amides is 1. The zero-order chi connectivity index (χ0) is 23.6. The van der Waals surface area contributed by atoms with E-state index >= 15 is 0 Å². The fourth-order valence-corrected chi connectivity index (χ4v) is 4.66. The van der Waals surface area contributed by atoms with Crippen molar-refractivity contribution in [1.29, 1.82) is 0 Å². The molecule has 0 saturated heterocycles. The van der Waals surface area contributed by atoms with E-state index in [2.05, 4.69) is 0 Å². The van der Waals surface area contributed by atoms with Gasteiger partial charge in [-0.15, -0.1) is 0 Å². The maximum absolute atomic E-state index is 13.5. The van der Waals surface area contributed by atoms with Gasteiger partial charge in [-0.2, -0.15) is 13.2 Å². The van der Waals surface area contributed by atoms with E-state index in [0.717, 1.165) is 16.7 Å². The minimum Gasteiger partial charge on any atom is -0.493 e. The van der Waals surface area contributed by atoms with Gasteiger partial charge < -0.3 is 14.4 Å². The van der Waals surface area contributed by atoms with Crippen molar-refractivity contribution in [2.45, 2.75) is 22.9 Å². The minimum atomic E-state index is -4.37. The Balaban J connectivity index is 1.73. The Morgan fingerprint density at radius 1 is 0.970 bits per heavy atom. The summed E-state index contributed by atoms with van der Waals surface area (Å²) in [5.74, 6) is 0.952. The number of hydrogen-bond acceptors (Lipinski definition) is 4. The summed E-state index contributed by atoms with van der Waals surface area (Å²) in [7, 11) is 3.15. The van der Waals surface area contributed by atoms with E-state index in [-0.39, 0.29) is 28.6 Å². The lowest BCUT2D eigenvalue weighted by Crippen LogP contribution is -2.40. The normalized spacial score (nSPS) is 15.7. The molecule has 0 radical (unpaired) electrons. The molecule has 0 saturated carbocycles. The second-order valence-electron chi connectivity index (χ2n) is 7.54. The lowest BCUT2D eigenvalue weighted by atomic mass is 9.87. The number of ether oxygens (including phenoxy) is 2. The number of alkyl halides is 3. The number of benzene rings is 3. The molecule has 172 valence electrons. The van der Waals surface area contributed by atoms with Crippen LogP contribution in [0.15, 0.2) is 71.6 Å². The molecule has 1 atom stereocenters. The van der Waals surface area contributed by atoms with Gasteiger partial charge in [-0.25, -0.2) is 0 Å². The molecule has 33 heavy (non-hydrogen) atoms. The molecule has 1 aliphatic rings. The number of methoxy groups -OCH3 is 2. The molecule has 4 rings (SSSR count). The molecule has 3 aromatic rings. The van der Waals surface area contributed by atoms with Gasteiger partial charge in [0.1, 0.15) is 0 Å². The zero-order valence-corrected chi connectivity index (χ0v) is 18.9. The molecular formula is C25H22F3NO3S. The van der Waals surface area contributed by atoms with Gasteiger partial charge >= 0.3 is 5.51 Å². The highest BCUT2D eigenvalue weighted by molar-refractivity contribution is 8.00. The highest BCUT2D eigenvalue weighted by atomic mass is 32.2. The molecule has 4 nitrogen and oxygen atoms in total. The van der Waals surface area contributed by atoms with Crippen molar-refractivity contribution in [3.05, 3.63) is 89.0 Å². The Morgan fingerprint density at radius 2 is 1.61 bits per heavy atom. The summed E-state index contributed by atoms with van der Waals surface area (Å²) in [5, 5.41) is 0. The van der Waals surface area contributed by atoms with Crippen molar-refractivity contribution in [1.82, 2.24) is 4.90 Å². The first kappa shape index (κ1) is 23.0. The highest BCUT2D eigenvalue weighted by Gasteiger charge is 2.34. The quantitative estimate of drug-likeness (QED) is 0.420. The second kappa shape index (κ2) is 9.39. The Labute approximate surface area is 194 Å². The fraction of sp³-hybridized carbons (Fsp3) is 0.240. The van der Waals surface area contributed by atoms with Gasteiger partial charge in [-0.05, 0) is 71.3 Å². The molecule has 0 fully saturated rings. The summed E-state index contributed by atoms with van der Waals surface area (Å²) in [6.07, 6.45) is 0.618. The van der Waals surface area contributed by atoms with Crippen LogP contribution in [0, 0.1) is 0 Å².